The average Bonchev–Trinajstić information content (AvgIpc) is 3.53. The molecule has 0 aliphatic carbocycles. The summed E-state index contributed by atoms with van der Waals surface area (Å²) in [5, 5.41) is 6.69. The zero-order valence-corrected chi connectivity index (χ0v) is 26.2. The first-order chi connectivity index (χ1) is 21.2. The molecule has 3 aromatic rings. The summed E-state index contributed by atoms with van der Waals surface area (Å²) < 4.78 is 64.6. The van der Waals surface area contributed by atoms with Crippen LogP contribution in [0.4, 0.5) is 10.2 Å². The number of nitrogens with zero attached hydrogens (tertiary/aromatic N) is 3. The van der Waals surface area contributed by atoms with Gasteiger partial charge < -0.3 is 29.2 Å². The van der Waals surface area contributed by atoms with E-state index in [4.69, 9.17) is 33.7 Å². The second kappa shape index (κ2) is 13.5. The molecular formula is C28H35FN5O10P. The molecule has 3 N–H and O–H groups in total. The van der Waals surface area contributed by atoms with Crippen LogP contribution in [0.5, 0.6) is 5.75 Å². The Hall–Kier alpha value is -4.11. The van der Waals surface area contributed by atoms with Gasteiger partial charge in [-0.25, -0.2) is 18.5 Å². The summed E-state index contributed by atoms with van der Waals surface area (Å²) in [7, 11) is -4.53. The Bertz CT molecular complexity index is 1590. The lowest BCUT2D eigenvalue weighted by Crippen LogP contribution is -2.56. The highest BCUT2D eigenvalue weighted by Gasteiger charge is 2.66. The van der Waals surface area contributed by atoms with Gasteiger partial charge in [0, 0.05) is 13.8 Å². The normalized spacial score (nSPS) is 23.3. The van der Waals surface area contributed by atoms with Crippen LogP contribution in [-0.2, 0) is 48.0 Å². The molecule has 0 bridgehead atoms. The van der Waals surface area contributed by atoms with E-state index >= 15 is 4.39 Å². The molecule has 45 heavy (non-hydrogen) atoms. The van der Waals surface area contributed by atoms with Gasteiger partial charge in [0.1, 0.15) is 30.3 Å². The summed E-state index contributed by atoms with van der Waals surface area (Å²) in [6.07, 6.45) is -1.02. The fourth-order valence-corrected chi connectivity index (χ4v) is 6.41. The molecule has 0 unspecified atom stereocenters. The average molecular weight is 652 g/mol. The van der Waals surface area contributed by atoms with E-state index in [1.54, 1.807) is 32.0 Å². The van der Waals surface area contributed by atoms with Crippen molar-refractivity contribution in [3.8, 4) is 5.75 Å². The number of carbonyl (C=O) groups is 3. The molecule has 1 saturated heterocycles. The first kappa shape index (κ1) is 33.8. The Morgan fingerprint density at radius 1 is 1.16 bits per heavy atom. The van der Waals surface area contributed by atoms with Gasteiger partial charge >= 0.3 is 25.7 Å². The quantitative estimate of drug-likeness (QED) is 0.156. The molecule has 0 saturated carbocycles. The lowest BCUT2D eigenvalue weighted by molar-refractivity contribution is -0.189. The summed E-state index contributed by atoms with van der Waals surface area (Å²) >= 11 is 0. The number of alkyl halides is 1. The van der Waals surface area contributed by atoms with Gasteiger partial charge in [0.15, 0.2) is 17.5 Å². The SMILES string of the molecule is CC(=O)O[C@@H]1[C@@](CF)(CO[P@@](=O)(N[C@@H](C)C(=O)OC(C)C)Oc2ccccc2)OC[C@@]1(OC(C)=O)c1ccc2c(N)ncnn12. The van der Waals surface area contributed by atoms with E-state index in [0.29, 0.717) is 5.52 Å². The number of benzene rings is 1. The highest BCUT2D eigenvalue weighted by molar-refractivity contribution is 7.52. The number of nitrogens with one attached hydrogen (secondary N) is 1. The van der Waals surface area contributed by atoms with E-state index in [2.05, 4.69) is 15.2 Å². The molecule has 2 aromatic heterocycles. The van der Waals surface area contributed by atoms with Crippen molar-refractivity contribution in [2.45, 2.75) is 64.1 Å². The maximum Gasteiger partial charge on any atom is 0.459 e. The Morgan fingerprint density at radius 3 is 2.49 bits per heavy atom. The number of ether oxygens (including phenoxy) is 4. The molecule has 0 spiro atoms. The summed E-state index contributed by atoms with van der Waals surface area (Å²) in [6, 6.07) is 9.73. The number of rotatable bonds is 13. The number of esters is 3. The standard InChI is InChI=1S/C28H35FN5O10P/c1-17(2)41-25(37)18(3)33-45(38,44-21-9-7-6-8-10-21)40-14-27(13-29)26(42-19(4)35)28(15-39-27,43-20(5)36)23-12-11-22-24(30)31-16-32-34(22)23/h6-12,16-18,26H,13-15H2,1-5H3,(H,33,38)(H2,30,31,32)/t18-,26+,27+,28+,45-/m0/s1. The molecule has 1 aromatic carbocycles. The van der Waals surface area contributed by atoms with Crippen LogP contribution in [0.1, 0.15) is 40.3 Å². The number of nitrogen functional groups attached to an aromatic ring is 1. The third-order valence-electron chi connectivity index (χ3n) is 6.73. The monoisotopic (exact) mass is 651 g/mol. The van der Waals surface area contributed by atoms with Crippen LogP contribution in [0.3, 0.4) is 0 Å². The van der Waals surface area contributed by atoms with Crippen molar-refractivity contribution < 1.29 is 51.3 Å². The van der Waals surface area contributed by atoms with E-state index in [0.717, 1.165) is 20.2 Å². The Kier molecular flexibility index (Phi) is 10.1. The Labute approximate surface area is 258 Å². The number of nitrogens with two attached hydrogens (primary N) is 1. The molecule has 1 aliphatic rings. The number of hydrogen-bond acceptors (Lipinski definition) is 13. The molecule has 244 valence electrons. The van der Waals surface area contributed by atoms with Gasteiger partial charge in [-0.15, -0.1) is 0 Å². The molecule has 3 heterocycles. The zero-order valence-electron chi connectivity index (χ0n) is 25.3. The van der Waals surface area contributed by atoms with Crippen molar-refractivity contribution in [1.82, 2.24) is 19.7 Å². The summed E-state index contributed by atoms with van der Waals surface area (Å²) in [4.78, 5) is 41.4. The molecule has 1 aliphatic heterocycles. The highest BCUT2D eigenvalue weighted by atomic mass is 31.2. The van der Waals surface area contributed by atoms with Crippen LogP contribution in [0.2, 0.25) is 0 Å². The Balaban J connectivity index is 1.75. The predicted octanol–water partition coefficient (Wildman–Crippen LogP) is 2.87. The number of halogens is 1. The molecule has 0 radical (unpaired) electrons. The van der Waals surface area contributed by atoms with Gasteiger partial charge in [-0.2, -0.15) is 10.2 Å². The van der Waals surface area contributed by atoms with Gasteiger partial charge in [0.25, 0.3) is 0 Å². The summed E-state index contributed by atoms with van der Waals surface area (Å²) in [6.45, 7) is 4.07. The molecule has 5 atom stereocenters. The van der Waals surface area contributed by atoms with Gasteiger partial charge in [-0.3, -0.25) is 18.9 Å². The van der Waals surface area contributed by atoms with Gasteiger partial charge in [-0.1, -0.05) is 18.2 Å². The van der Waals surface area contributed by atoms with Crippen molar-refractivity contribution in [2.24, 2.45) is 0 Å². The number of aromatic nitrogens is 3. The minimum Gasteiger partial charge on any atom is -0.462 e. The smallest absolute Gasteiger partial charge is 0.459 e. The van der Waals surface area contributed by atoms with Gasteiger partial charge in [-0.05, 0) is 45.0 Å². The van der Waals surface area contributed by atoms with Crippen molar-refractivity contribution in [1.29, 1.82) is 0 Å². The first-order valence-corrected chi connectivity index (χ1v) is 15.4. The zero-order chi connectivity index (χ0) is 33.0. The predicted molar refractivity (Wildman–Crippen MR) is 156 cm³/mol. The number of carbonyl (C=O) groups excluding carboxylic acids is 3. The van der Waals surface area contributed by atoms with Crippen molar-refractivity contribution in [3.63, 3.8) is 0 Å². The van der Waals surface area contributed by atoms with Crippen LogP contribution in [0.25, 0.3) is 5.52 Å². The van der Waals surface area contributed by atoms with Crippen molar-refractivity contribution in [3.05, 3.63) is 54.5 Å². The summed E-state index contributed by atoms with van der Waals surface area (Å²) in [5.41, 5.74) is 2.25. The molecule has 17 heteroatoms. The fraction of sp³-hybridized carbons (Fsp3) is 0.464. The molecular weight excluding hydrogens is 616 g/mol. The Morgan fingerprint density at radius 2 is 1.87 bits per heavy atom. The van der Waals surface area contributed by atoms with Crippen LogP contribution in [-0.4, -0.2) is 76.2 Å². The van der Waals surface area contributed by atoms with Crippen LogP contribution in [0, 0.1) is 0 Å². The van der Waals surface area contributed by atoms with E-state index in [9.17, 15) is 18.9 Å². The lowest BCUT2D eigenvalue weighted by Gasteiger charge is -2.38. The van der Waals surface area contributed by atoms with Gasteiger partial charge in [0.2, 0.25) is 5.60 Å². The van der Waals surface area contributed by atoms with E-state index in [-0.39, 0.29) is 17.3 Å². The van der Waals surface area contributed by atoms with Crippen molar-refractivity contribution >= 4 is 37.0 Å². The molecule has 0 amide bonds. The first-order valence-electron chi connectivity index (χ1n) is 13.9. The van der Waals surface area contributed by atoms with Gasteiger partial charge in [0.05, 0.1) is 25.0 Å². The maximum absolute atomic E-state index is 15.3. The topological polar surface area (TPSA) is 192 Å². The van der Waals surface area contributed by atoms with E-state index in [1.807, 2.05) is 0 Å². The highest BCUT2D eigenvalue weighted by Crippen LogP contribution is 2.51. The minimum atomic E-state index is -4.53. The third-order valence-corrected chi connectivity index (χ3v) is 8.36. The summed E-state index contributed by atoms with van der Waals surface area (Å²) in [5.74, 6) is -2.26. The number of hydrogen-bond donors (Lipinski definition) is 2. The van der Waals surface area contributed by atoms with E-state index in [1.165, 1.54) is 35.7 Å². The molecule has 1 fully saturated rings. The largest absolute Gasteiger partial charge is 0.462 e. The third kappa shape index (κ3) is 7.25. The molecule has 4 rings (SSSR count). The van der Waals surface area contributed by atoms with Crippen molar-refractivity contribution in [2.75, 3.05) is 25.6 Å². The second-order valence-corrected chi connectivity index (χ2v) is 12.3. The van der Waals surface area contributed by atoms with Crippen LogP contribution in [0.15, 0.2) is 48.8 Å². The van der Waals surface area contributed by atoms with E-state index < -0.39 is 75.0 Å². The number of para-hydroxylation sites is 1. The lowest BCUT2D eigenvalue weighted by atomic mass is 9.85. The van der Waals surface area contributed by atoms with Crippen LogP contribution >= 0.6 is 7.75 Å². The number of anilines is 1. The number of fused-ring (bicyclic) bond motifs is 1. The van der Waals surface area contributed by atoms with Crippen LogP contribution < -0.4 is 15.3 Å². The minimum absolute atomic E-state index is 0.0902. The second-order valence-electron chi connectivity index (χ2n) is 10.6. The molecule has 15 nitrogen and oxygen atoms in total. The fourth-order valence-electron chi connectivity index (χ4n) is 4.86. The maximum atomic E-state index is 15.3.